The van der Waals surface area contributed by atoms with E-state index in [4.69, 9.17) is 9.84 Å². The third-order valence-electron chi connectivity index (χ3n) is 4.54. The van der Waals surface area contributed by atoms with Crippen molar-refractivity contribution < 1.29 is 18.3 Å². The predicted octanol–water partition coefficient (Wildman–Crippen LogP) is 2.48. The number of benzene rings is 2. The van der Waals surface area contributed by atoms with Crippen LogP contribution in [-0.4, -0.2) is 38.4 Å². The summed E-state index contributed by atoms with van der Waals surface area (Å²) >= 11 is 0. The zero-order valence-corrected chi connectivity index (χ0v) is 16.5. The summed E-state index contributed by atoms with van der Waals surface area (Å²) in [4.78, 5) is 0.101. The summed E-state index contributed by atoms with van der Waals surface area (Å²) < 4.78 is 34.0. The van der Waals surface area contributed by atoms with Gasteiger partial charge in [-0.2, -0.15) is 5.26 Å². The molecular formula is C20H21N3O4S. The first-order valence-electron chi connectivity index (χ1n) is 8.78. The quantitative estimate of drug-likeness (QED) is 0.635. The number of fused-ring (bicyclic) bond motifs is 1. The van der Waals surface area contributed by atoms with Crippen LogP contribution in [0.1, 0.15) is 12.5 Å². The first-order chi connectivity index (χ1) is 13.5. The second-order valence-corrected chi connectivity index (χ2v) is 7.88. The minimum absolute atomic E-state index is 0.0471. The number of nitriles is 1. The van der Waals surface area contributed by atoms with Crippen molar-refractivity contribution in [1.29, 1.82) is 5.26 Å². The Labute approximate surface area is 163 Å². The van der Waals surface area contributed by atoms with Gasteiger partial charge in [-0.15, -0.1) is 0 Å². The molecule has 8 heteroatoms. The number of rotatable bonds is 7. The normalized spacial score (nSPS) is 11.5. The van der Waals surface area contributed by atoms with Gasteiger partial charge in [-0.1, -0.05) is 12.1 Å². The van der Waals surface area contributed by atoms with Gasteiger partial charge in [-0.25, -0.2) is 13.1 Å². The Morgan fingerprint density at radius 3 is 2.50 bits per heavy atom. The van der Waals surface area contributed by atoms with Gasteiger partial charge in [-0.3, -0.25) is 0 Å². The van der Waals surface area contributed by atoms with E-state index in [1.165, 1.54) is 12.1 Å². The Morgan fingerprint density at radius 1 is 1.21 bits per heavy atom. The zero-order valence-electron chi connectivity index (χ0n) is 15.6. The topological polar surface area (TPSA) is 104 Å². The van der Waals surface area contributed by atoms with E-state index in [2.05, 4.69) is 10.8 Å². The summed E-state index contributed by atoms with van der Waals surface area (Å²) in [7, 11) is -2.09. The molecule has 3 rings (SSSR count). The van der Waals surface area contributed by atoms with E-state index in [0.717, 1.165) is 22.2 Å². The van der Waals surface area contributed by atoms with Crippen LogP contribution in [0.25, 0.3) is 22.2 Å². The maximum Gasteiger partial charge on any atom is 0.240 e. The summed E-state index contributed by atoms with van der Waals surface area (Å²) in [5.41, 5.74) is 2.90. The van der Waals surface area contributed by atoms with Crippen molar-refractivity contribution in [3.8, 4) is 23.1 Å². The van der Waals surface area contributed by atoms with Gasteiger partial charge < -0.3 is 14.4 Å². The Kier molecular flexibility index (Phi) is 5.70. The van der Waals surface area contributed by atoms with E-state index in [9.17, 15) is 13.7 Å². The van der Waals surface area contributed by atoms with Gasteiger partial charge in [0, 0.05) is 24.5 Å². The third kappa shape index (κ3) is 3.47. The molecule has 1 aromatic heterocycles. The fourth-order valence-corrected chi connectivity index (χ4v) is 4.27. The van der Waals surface area contributed by atoms with Crippen molar-refractivity contribution in [3.05, 3.63) is 48.0 Å². The van der Waals surface area contributed by atoms with E-state index in [1.807, 2.05) is 29.7 Å². The fourth-order valence-electron chi connectivity index (χ4n) is 3.25. The monoisotopic (exact) mass is 399 g/mol. The fraction of sp³-hybridized carbons (Fsp3) is 0.250. The van der Waals surface area contributed by atoms with Crippen molar-refractivity contribution in [3.63, 3.8) is 0 Å². The molecule has 0 fully saturated rings. The lowest BCUT2D eigenvalue weighted by Gasteiger charge is -2.10. The van der Waals surface area contributed by atoms with Crippen LogP contribution < -0.4 is 9.46 Å². The molecule has 0 unspecified atom stereocenters. The second kappa shape index (κ2) is 8.02. The Balaban J connectivity index is 2.15. The third-order valence-corrected chi connectivity index (χ3v) is 6.02. The van der Waals surface area contributed by atoms with Crippen LogP contribution >= 0.6 is 0 Å². The highest BCUT2D eigenvalue weighted by atomic mass is 32.2. The minimum Gasteiger partial charge on any atom is -0.497 e. The predicted molar refractivity (Wildman–Crippen MR) is 107 cm³/mol. The molecule has 1 heterocycles. The number of ether oxygens (including phenoxy) is 1. The van der Waals surface area contributed by atoms with E-state index in [1.54, 1.807) is 19.2 Å². The van der Waals surface area contributed by atoms with E-state index >= 15 is 0 Å². The molecule has 2 aromatic carbocycles. The van der Waals surface area contributed by atoms with Crippen molar-refractivity contribution in [1.82, 2.24) is 9.29 Å². The largest absolute Gasteiger partial charge is 0.497 e. The van der Waals surface area contributed by atoms with Crippen molar-refractivity contribution in [2.45, 2.75) is 18.4 Å². The van der Waals surface area contributed by atoms with Crippen LogP contribution in [0.15, 0.2) is 47.4 Å². The van der Waals surface area contributed by atoms with Gasteiger partial charge in [0.05, 0.1) is 35.4 Å². The number of nitrogens with zero attached hydrogens (tertiary/aromatic N) is 2. The number of aryl methyl sites for hydroxylation is 1. The SMILES string of the molecule is CCn1c(-c2ccc(S(=O)(=O)NCCO)cc2)c(C#N)c2ccc(OC)cc21. The van der Waals surface area contributed by atoms with Crippen LogP contribution in [0, 0.1) is 11.3 Å². The summed E-state index contributed by atoms with van der Waals surface area (Å²) in [6, 6.07) is 14.2. The minimum atomic E-state index is -3.68. The van der Waals surface area contributed by atoms with E-state index < -0.39 is 10.0 Å². The molecule has 2 N–H and O–H groups in total. The number of methoxy groups -OCH3 is 1. The summed E-state index contributed by atoms with van der Waals surface area (Å²) in [6.45, 7) is 2.30. The molecule has 0 radical (unpaired) electrons. The Bertz CT molecular complexity index is 1140. The standard InChI is InChI=1S/C20H21N3O4S/c1-3-23-19-12-15(27-2)6-9-17(19)18(13-21)20(23)14-4-7-16(8-5-14)28(25,26)22-10-11-24/h4-9,12,22,24H,3,10-11H2,1-2H3. The molecule has 0 aliphatic heterocycles. The van der Waals surface area contributed by atoms with Crippen LogP contribution in [0.3, 0.4) is 0 Å². The molecule has 0 aliphatic rings. The van der Waals surface area contributed by atoms with Crippen molar-refractivity contribution in [2.75, 3.05) is 20.3 Å². The summed E-state index contributed by atoms with van der Waals surface area (Å²) in [5, 5.41) is 19.4. The number of aliphatic hydroxyl groups excluding tert-OH is 1. The number of hydrogen-bond donors (Lipinski definition) is 2. The molecular weight excluding hydrogens is 378 g/mol. The van der Waals surface area contributed by atoms with Crippen LogP contribution in [0.5, 0.6) is 5.75 Å². The Morgan fingerprint density at radius 2 is 1.93 bits per heavy atom. The molecule has 0 amide bonds. The lowest BCUT2D eigenvalue weighted by Crippen LogP contribution is -2.26. The van der Waals surface area contributed by atoms with E-state index in [-0.39, 0.29) is 18.0 Å². The molecule has 3 aromatic rings. The Hall–Kier alpha value is -2.86. The highest BCUT2D eigenvalue weighted by molar-refractivity contribution is 7.89. The van der Waals surface area contributed by atoms with Crippen LogP contribution in [-0.2, 0) is 16.6 Å². The molecule has 0 atom stereocenters. The smallest absolute Gasteiger partial charge is 0.240 e. The lowest BCUT2D eigenvalue weighted by molar-refractivity contribution is 0.301. The number of aromatic nitrogens is 1. The van der Waals surface area contributed by atoms with Crippen molar-refractivity contribution in [2.24, 2.45) is 0 Å². The summed E-state index contributed by atoms with van der Waals surface area (Å²) in [6.07, 6.45) is 0. The number of nitrogens with one attached hydrogen (secondary N) is 1. The number of sulfonamides is 1. The van der Waals surface area contributed by atoms with Crippen LogP contribution in [0.2, 0.25) is 0 Å². The average Bonchev–Trinajstić information content (AvgIpc) is 3.04. The highest BCUT2D eigenvalue weighted by Crippen LogP contribution is 2.35. The molecule has 146 valence electrons. The van der Waals surface area contributed by atoms with Gasteiger partial charge in [-0.05, 0) is 36.8 Å². The molecule has 0 saturated heterocycles. The van der Waals surface area contributed by atoms with Gasteiger partial charge in [0.1, 0.15) is 11.8 Å². The first kappa shape index (κ1) is 19.9. The second-order valence-electron chi connectivity index (χ2n) is 6.11. The average molecular weight is 399 g/mol. The van der Waals surface area contributed by atoms with Gasteiger partial charge in [0.15, 0.2) is 0 Å². The molecule has 0 spiro atoms. The number of hydrogen-bond acceptors (Lipinski definition) is 5. The van der Waals surface area contributed by atoms with Gasteiger partial charge >= 0.3 is 0 Å². The van der Waals surface area contributed by atoms with Gasteiger partial charge in [0.25, 0.3) is 0 Å². The first-order valence-corrected chi connectivity index (χ1v) is 10.3. The van der Waals surface area contributed by atoms with Crippen molar-refractivity contribution >= 4 is 20.9 Å². The number of aliphatic hydroxyl groups is 1. The molecule has 7 nitrogen and oxygen atoms in total. The van der Waals surface area contributed by atoms with E-state index in [0.29, 0.717) is 17.9 Å². The van der Waals surface area contributed by atoms with Crippen LogP contribution in [0.4, 0.5) is 0 Å². The zero-order chi connectivity index (χ0) is 20.3. The molecule has 0 bridgehead atoms. The highest BCUT2D eigenvalue weighted by Gasteiger charge is 2.20. The maximum atomic E-state index is 12.2. The summed E-state index contributed by atoms with van der Waals surface area (Å²) in [5.74, 6) is 0.701. The molecule has 28 heavy (non-hydrogen) atoms. The molecule has 0 saturated carbocycles. The molecule has 0 aliphatic carbocycles. The lowest BCUT2D eigenvalue weighted by atomic mass is 10.1. The van der Waals surface area contributed by atoms with Gasteiger partial charge in [0.2, 0.25) is 10.0 Å². The maximum absolute atomic E-state index is 12.2.